The third-order valence-electron chi connectivity index (χ3n) is 4.26. The van der Waals surface area contributed by atoms with Gasteiger partial charge in [0.25, 0.3) is 0 Å². The van der Waals surface area contributed by atoms with E-state index in [9.17, 15) is 0 Å². The van der Waals surface area contributed by atoms with E-state index >= 15 is 0 Å². The van der Waals surface area contributed by atoms with Crippen LogP contribution < -0.4 is 10.5 Å². The number of nitrogens with zero attached hydrogens (tertiary/aromatic N) is 1. The maximum atomic E-state index is 6.01. The molecule has 0 aromatic heterocycles. The first kappa shape index (κ1) is 16.3. The molecule has 4 nitrogen and oxygen atoms in total. The Morgan fingerprint density at radius 2 is 2.24 bits per heavy atom. The molecule has 21 heavy (non-hydrogen) atoms. The topological polar surface area (TPSA) is 47.7 Å². The Morgan fingerprint density at radius 3 is 2.86 bits per heavy atom. The molecule has 1 heterocycles. The van der Waals surface area contributed by atoms with E-state index in [0.29, 0.717) is 6.04 Å². The van der Waals surface area contributed by atoms with Gasteiger partial charge in [-0.1, -0.05) is 13.0 Å². The Hall–Kier alpha value is -1.10. The minimum atomic E-state index is 0.0419. The number of nitrogens with two attached hydrogens (primary N) is 1. The number of benzene rings is 1. The van der Waals surface area contributed by atoms with Crippen molar-refractivity contribution in [1.29, 1.82) is 0 Å². The van der Waals surface area contributed by atoms with Crippen LogP contribution in [0, 0.1) is 0 Å². The van der Waals surface area contributed by atoms with Gasteiger partial charge in [-0.2, -0.15) is 0 Å². The molecular formula is C17H28N2O2. The number of rotatable bonds is 5. The lowest BCUT2D eigenvalue weighted by atomic mass is 10.0. The molecule has 0 aliphatic carbocycles. The lowest BCUT2D eigenvalue weighted by Crippen LogP contribution is -2.47. The normalized spacial score (nSPS) is 24.8. The molecule has 1 aromatic carbocycles. The summed E-state index contributed by atoms with van der Waals surface area (Å²) in [6.07, 6.45) is 1.39. The van der Waals surface area contributed by atoms with Crippen LogP contribution in [-0.4, -0.2) is 37.3 Å². The van der Waals surface area contributed by atoms with Crippen molar-refractivity contribution in [3.63, 3.8) is 0 Å². The highest BCUT2D eigenvalue weighted by Gasteiger charge is 2.26. The van der Waals surface area contributed by atoms with Gasteiger partial charge in [-0.15, -0.1) is 0 Å². The molecule has 0 spiro atoms. The monoisotopic (exact) mass is 292 g/mol. The molecule has 1 fully saturated rings. The van der Waals surface area contributed by atoms with Crippen LogP contribution >= 0.6 is 0 Å². The fourth-order valence-corrected chi connectivity index (χ4v) is 2.91. The summed E-state index contributed by atoms with van der Waals surface area (Å²) in [5, 5.41) is 0. The number of hydrogen-bond donors (Lipinski definition) is 1. The number of hydrogen-bond acceptors (Lipinski definition) is 4. The molecule has 3 atom stereocenters. The van der Waals surface area contributed by atoms with Crippen molar-refractivity contribution in [2.45, 2.75) is 51.9 Å². The average molecular weight is 292 g/mol. The lowest BCUT2D eigenvalue weighted by Gasteiger charge is -2.38. The van der Waals surface area contributed by atoms with Crippen LogP contribution in [0.2, 0.25) is 0 Å². The van der Waals surface area contributed by atoms with E-state index < -0.39 is 0 Å². The molecule has 1 saturated heterocycles. The molecule has 1 aliphatic heterocycles. The molecule has 0 amide bonds. The second-order valence-electron chi connectivity index (χ2n) is 6.00. The van der Waals surface area contributed by atoms with Crippen molar-refractivity contribution in [3.05, 3.63) is 29.3 Å². The largest absolute Gasteiger partial charge is 0.496 e. The summed E-state index contributed by atoms with van der Waals surface area (Å²) in [6.45, 7) is 9.02. The van der Waals surface area contributed by atoms with Crippen molar-refractivity contribution in [2.75, 3.05) is 20.3 Å². The maximum absolute atomic E-state index is 6.01. The van der Waals surface area contributed by atoms with Gasteiger partial charge in [0.15, 0.2) is 0 Å². The maximum Gasteiger partial charge on any atom is 0.123 e. The van der Waals surface area contributed by atoms with Crippen LogP contribution in [0.1, 0.15) is 44.4 Å². The Bertz CT molecular complexity index is 462. The highest BCUT2D eigenvalue weighted by molar-refractivity contribution is 5.38. The molecule has 2 N–H and O–H groups in total. The Morgan fingerprint density at radius 1 is 1.48 bits per heavy atom. The molecule has 1 aromatic rings. The Balaban J connectivity index is 2.21. The number of methoxy groups -OCH3 is 1. The predicted molar refractivity (Wildman–Crippen MR) is 85.5 cm³/mol. The van der Waals surface area contributed by atoms with Gasteiger partial charge < -0.3 is 15.2 Å². The van der Waals surface area contributed by atoms with E-state index in [2.05, 4.69) is 24.8 Å². The summed E-state index contributed by atoms with van der Waals surface area (Å²) in [7, 11) is 1.73. The zero-order chi connectivity index (χ0) is 15.4. The van der Waals surface area contributed by atoms with Gasteiger partial charge >= 0.3 is 0 Å². The van der Waals surface area contributed by atoms with Crippen molar-refractivity contribution in [1.82, 2.24) is 4.90 Å². The zero-order valence-electron chi connectivity index (χ0n) is 13.6. The number of ether oxygens (including phenoxy) is 2. The molecule has 0 bridgehead atoms. The quantitative estimate of drug-likeness (QED) is 0.906. The molecule has 2 rings (SSSR count). The minimum Gasteiger partial charge on any atom is -0.496 e. The lowest BCUT2D eigenvalue weighted by molar-refractivity contribution is -0.0593. The van der Waals surface area contributed by atoms with Crippen molar-refractivity contribution in [2.24, 2.45) is 5.73 Å². The van der Waals surface area contributed by atoms with Crippen molar-refractivity contribution in [3.8, 4) is 5.75 Å². The van der Waals surface area contributed by atoms with Gasteiger partial charge in [-0.05, 0) is 38.0 Å². The average Bonchev–Trinajstić information content (AvgIpc) is 2.47. The van der Waals surface area contributed by atoms with E-state index in [4.69, 9.17) is 15.2 Å². The second-order valence-corrected chi connectivity index (χ2v) is 6.00. The SMILES string of the molecule is CCC1COC(C)CN1Cc1cc(C(C)N)ccc1OC. The third-order valence-corrected chi connectivity index (χ3v) is 4.26. The van der Waals surface area contributed by atoms with Crippen LogP contribution in [0.4, 0.5) is 0 Å². The van der Waals surface area contributed by atoms with Gasteiger partial charge in [-0.3, -0.25) is 4.90 Å². The van der Waals surface area contributed by atoms with Crippen LogP contribution in [0.15, 0.2) is 18.2 Å². The minimum absolute atomic E-state index is 0.0419. The van der Waals surface area contributed by atoms with Crippen LogP contribution in [0.5, 0.6) is 5.75 Å². The molecule has 1 aliphatic rings. The Kier molecular flexibility index (Phi) is 5.62. The summed E-state index contributed by atoms with van der Waals surface area (Å²) < 4.78 is 11.3. The fraction of sp³-hybridized carbons (Fsp3) is 0.647. The van der Waals surface area contributed by atoms with Crippen LogP contribution in [-0.2, 0) is 11.3 Å². The van der Waals surface area contributed by atoms with Crippen molar-refractivity contribution >= 4 is 0 Å². The summed E-state index contributed by atoms with van der Waals surface area (Å²) in [5.41, 5.74) is 8.37. The van der Waals surface area contributed by atoms with Gasteiger partial charge in [0.05, 0.1) is 19.8 Å². The zero-order valence-corrected chi connectivity index (χ0v) is 13.6. The van der Waals surface area contributed by atoms with Crippen LogP contribution in [0.25, 0.3) is 0 Å². The van der Waals surface area contributed by atoms with Gasteiger partial charge in [0.1, 0.15) is 5.75 Å². The first-order valence-corrected chi connectivity index (χ1v) is 7.83. The molecular weight excluding hydrogens is 264 g/mol. The van der Waals surface area contributed by atoms with E-state index in [0.717, 1.165) is 37.4 Å². The summed E-state index contributed by atoms with van der Waals surface area (Å²) in [6, 6.07) is 6.77. The fourth-order valence-electron chi connectivity index (χ4n) is 2.91. The number of morpholine rings is 1. The first-order chi connectivity index (χ1) is 10.0. The van der Waals surface area contributed by atoms with E-state index in [1.807, 2.05) is 19.1 Å². The van der Waals surface area contributed by atoms with E-state index in [-0.39, 0.29) is 12.1 Å². The molecule has 118 valence electrons. The highest BCUT2D eigenvalue weighted by atomic mass is 16.5. The molecule has 3 unspecified atom stereocenters. The molecule has 0 saturated carbocycles. The third kappa shape index (κ3) is 3.96. The van der Waals surface area contributed by atoms with E-state index in [1.165, 1.54) is 5.56 Å². The van der Waals surface area contributed by atoms with Gasteiger partial charge in [0.2, 0.25) is 0 Å². The van der Waals surface area contributed by atoms with Crippen LogP contribution in [0.3, 0.4) is 0 Å². The molecule has 4 heteroatoms. The highest BCUT2D eigenvalue weighted by Crippen LogP contribution is 2.26. The van der Waals surface area contributed by atoms with Crippen molar-refractivity contribution < 1.29 is 9.47 Å². The smallest absolute Gasteiger partial charge is 0.123 e. The first-order valence-electron chi connectivity index (χ1n) is 7.83. The summed E-state index contributed by atoms with van der Waals surface area (Å²) in [4.78, 5) is 2.50. The predicted octanol–water partition coefficient (Wildman–Crippen LogP) is 2.71. The summed E-state index contributed by atoms with van der Waals surface area (Å²) in [5.74, 6) is 0.938. The standard InChI is InChI=1S/C17H28N2O2/c1-5-16-11-21-12(2)9-19(16)10-15-8-14(13(3)18)6-7-17(15)20-4/h6-8,12-13,16H,5,9-11,18H2,1-4H3. The Labute approximate surface area is 128 Å². The van der Waals surface area contributed by atoms with Gasteiger partial charge in [0, 0.05) is 30.7 Å². The molecule has 0 radical (unpaired) electrons. The van der Waals surface area contributed by atoms with Gasteiger partial charge in [-0.25, -0.2) is 0 Å². The van der Waals surface area contributed by atoms with E-state index in [1.54, 1.807) is 7.11 Å². The summed E-state index contributed by atoms with van der Waals surface area (Å²) >= 11 is 0. The second kappa shape index (κ2) is 7.25.